The van der Waals surface area contributed by atoms with Crippen LogP contribution in [-0.4, -0.2) is 49.6 Å². The third kappa shape index (κ3) is 6.55. The van der Waals surface area contributed by atoms with Gasteiger partial charge in [-0.15, -0.1) is 0 Å². The van der Waals surface area contributed by atoms with E-state index in [1.807, 2.05) is 30.3 Å². The van der Waals surface area contributed by atoms with Gasteiger partial charge in [0.2, 0.25) is 5.91 Å². The summed E-state index contributed by atoms with van der Waals surface area (Å²) in [6.45, 7) is 2.55. The molecule has 28 heavy (non-hydrogen) atoms. The monoisotopic (exact) mass is 404 g/mol. The van der Waals surface area contributed by atoms with Crippen LogP contribution in [0.1, 0.15) is 12.5 Å². The molecule has 0 heterocycles. The Morgan fingerprint density at radius 1 is 1.11 bits per heavy atom. The number of rotatable bonds is 10. The second-order valence-corrected chi connectivity index (χ2v) is 6.59. The van der Waals surface area contributed by atoms with Crippen LogP contribution in [0.2, 0.25) is 5.02 Å². The smallest absolute Gasteiger partial charge is 0.261 e. The van der Waals surface area contributed by atoms with Crippen LogP contribution in [0.25, 0.3) is 0 Å². The quantitative estimate of drug-likeness (QED) is 0.618. The van der Waals surface area contributed by atoms with Crippen molar-refractivity contribution >= 4 is 23.4 Å². The lowest BCUT2D eigenvalue weighted by atomic mass is 10.1. The first-order valence-electron chi connectivity index (χ1n) is 9.00. The molecule has 150 valence electrons. The van der Waals surface area contributed by atoms with Gasteiger partial charge < -0.3 is 19.7 Å². The Bertz CT molecular complexity index is 770. The summed E-state index contributed by atoms with van der Waals surface area (Å²) in [7, 11) is 1.56. The van der Waals surface area contributed by atoms with E-state index in [1.165, 1.54) is 4.90 Å². The molecule has 0 unspecified atom stereocenters. The molecule has 0 aliphatic rings. The van der Waals surface area contributed by atoms with Crippen molar-refractivity contribution in [2.75, 3.05) is 26.9 Å². The molecule has 0 fully saturated rings. The minimum atomic E-state index is -0.667. The maximum atomic E-state index is 12.9. The van der Waals surface area contributed by atoms with E-state index in [0.29, 0.717) is 30.5 Å². The average Bonchev–Trinajstić information content (AvgIpc) is 2.71. The predicted molar refractivity (Wildman–Crippen MR) is 108 cm³/mol. The van der Waals surface area contributed by atoms with E-state index in [2.05, 4.69) is 5.32 Å². The molecule has 6 nitrogen and oxygen atoms in total. The fourth-order valence-electron chi connectivity index (χ4n) is 2.57. The minimum Gasteiger partial charge on any atom is -0.482 e. The van der Waals surface area contributed by atoms with Crippen molar-refractivity contribution in [3.8, 4) is 5.75 Å². The van der Waals surface area contributed by atoms with Gasteiger partial charge in [0, 0.05) is 20.2 Å². The van der Waals surface area contributed by atoms with Gasteiger partial charge in [0.05, 0.1) is 11.6 Å². The normalized spacial score (nSPS) is 11.5. The third-order valence-corrected chi connectivity index (χ3v) is 4.47. The number of nitrogens with one attached hydrogen (secondary N) is 1. The average molecular weight is 405 g/mol. The standard InChI is InChI=1S/C21H25ClN2O4/c1-16(21(26)23-12-13-27-2)24(14-17-8-4-3-5-9-17)20(25)15-28-19-11-7-6-10-18(19)22/h3-11,16H,12-15H2,1-2H3,(H,23,26)/t16-/m1/s1. The molecule has 0 aromatic heterocycles. The Balaban J connectivity index is 2.08. The van der Waals surface area contributed by atoms with Gasteiger partial charge in [-0.05, 0) is 24.6 Å². The minimum absolute atomic E-state index is 0.216. The van der Waals surface area contributed by atoms with Gasteiger partial charge in [0.15, 0.2) is 6.61 Å². The zero-order chi connectivity index (χ0) is 20.4. The van der Waals surface area contributed by atoms with Crippen molar-refractivity contribution < 1.29 is 19.1 Å². The Labute approximate surface area is 170 Å². The zero-order valence-corrected chi connectivity index (χ0v) is 16.8. The molecule has 0 radical (unpaired) electrons. The number of halogens is 1. The molecule has 1 N–H and O–H groups in total. The summed E-state index contributed by atoms with van der Waals surface area (Å²) < 4.78 is 10.5. The van der Waals surface area contributed by atoms with E-state index in [1.54, 1.807) is 38.3 Å². The molecule has 0 saturated carbocycles. The summed E-state index contributed by atoms with van der Waals surface area (Å²) in [5.74, 6) is -0.133. The first-order valence-corrected chi connectivity index (χ1v) is 9.38. The molecule has 7 heteroatoms. The summed E-state index contributed by atoms with van der Waals surface area (Å²) in [4.78, 5) is 26.8. The van der Waals surface area contributed by atoms with Crippen molar-refractivity contribution in [2.24, 2.45) is 0 Å². The zero-order valence-electron chi connectivity index (χ0n) is 16.1. The van der Waals surface area contributed by atoms with Crippen LogP contribution in [0.3, 0.4) is 0 Å². The SMILES string of the molecule is COCCNC(=O)[C@@H](C)N(Cc1ccccc1)C(=O)COc1ccccc1Cl. The second-order valence-electron chi connectivity index (χ2n) is 6.19. The maximum absolute atomic E-state index is 12.9. The highest BCUT2D eigenvalue weighted by molar-refractivity contribution is 6.32. The number of carbonyl (C=O) groups excluding carboxylic acids is 2. The molecule has 1 atom stereocenters. The number of carbonyl (C=O) groups is 2. The molecule has 0 spiro atoms. The Kier molecular flexibility index (Phi) is 8.78. The maximum Gasteiger partial charge on any atom is 0.261 e. The highest BCUT2D eigenvalue weighted by Crippen LogP contribution is 2.23. The highest BCUT2D eigenvalue weighted by Gasteiger charge is 2.26. The molecule has 0 aliphatic carbocycles. The Morgan fingerprint density at radius 2 is 1.79 bits per heavy atom. The van der Waals surface area contributed by atoms with E-state index >= 15 is 0 Å². The van der Waals surface area contributed by atoms with Crippen molar-refractivity contribution in [3.05, 3.63) is 65.2 Å². The lowest BCUT2D eigenvalue weighted by Gasteiger charge is -2.28. The Morgan fingerprint density at radius 3 is 2.46 bits per heavy atom. The molecule has 2 rings (SSSR count). The van der Waals surface area contributed by atoms with E-state index in [0.717, 1.165) is 5.56 Å². The molecule has 2 aromatic rings. The van der Waals surface area contributed by atoms with E-state index in [-0.39, 0.29) is 18.4 Å². The molecule has 0 bridgehead atoms. The summed E-state index contributed by atoms with van der Waals surface area (Å²) in [6.07, 6.45) is 0. The molecular formula is C21H25ClN2O4. The van der Waals surface area contributed by atoms with Crippen LogP contribution in [-0.2, 0) is 20.9 Å². The van der Waals surface area contributed by atoms with Crippen LogP contribution in [0, 0.1) is 0 Å². The lowest BCUT2D eigenvalue weighted by Crippen LogP contribution is -2.49. The molecule has 0 saturated heterocycles. The number of methoxy groups -OCH3 is 1. The van der Waals surface area contributed by atoms with Crippen LogP contribution in [0.15, 0.2) is 54.6 Å². The van der Waals surface area contributed by atoms with Crippen molar-refractivity contribution in [1.29, 1.82) is 0 Å². The fraction of sp³-hybridized carbons (Fsp3) is 0.333. The van der Waals surface area contributed by atoms with Crippen molar-refractivity contribution in [3.63, 3.8) is 0 Å². The highest BCUT2D eigenvalue weighted by atomic mass is 35.5. The molecule has 2 aromatic carbocycles. The van der Waals surface area contributed by atoms with Gasteiger partial charge >= 0.3 is 0 Å². The van der Waals surface area contributed by atoms with E-state index < -0.39 is 6.04 Å². The topological polar surface area (TPSA) is 67.9 Å². The first-order chi connectivity index (χ1) is 13.5. The van der Waals surface area contributed by atoms with Crippen molar-refractivity contribution in [1.82, 2.24) is 10.2 Å². The number of benzene rings is 2. The third-order valence-electron chi connectivity index (χ3n) is 4.16. The van der Waals surface area contributed by atoms with Gasteiger partial charge in [-0.2, -0.15) is 0 Å². The number of hydrogen-bond acceptors (Lipinski definition) is 4. The fourth-order valence-corrected chi connectivity index (χ4v) is 2.76. The number of amides is 2. The number of ether oxygens (including phenoxy) is 2. The molecule has 0 aliphatic heterocycles. The van der Waals surface area contributed by atoms with Gasteiger partial charge in [0.25, 0.3) is 5.91 Å². The number of nitrogens with zero attached hydrogens (tertiary/aromatic N) is 1. The molecular weight excluding hydrogens is 380 g/mol. The summed E-state index contributed by atoms with van der Waals surface area (Å²) >= 11 is 6.08. The van der Waals surface area contributed by atoms with Crippen LogP contribution in [0.5, 0.6) is 5.75 Å². The lowest BCUT2D eigenvalue weighted by molar-refractivity contribution is -0.142. The summed E-state index contributed by atoms with van der Waals surface area (Å²) in [6, 6.07) is 15.8. The van der Waals surface area contributed by atoms with Gasteiger partial charge in [0.1, 0.15) is 11.8 Å². The van der Waals surface area contributed by atoms with E-state index in [9.17, 15) is 9.59 Å². The first kappa shape index (κ1) is 21.7. The van der Waals surface area contributed by atoms with Crippen LogP contribution < -0.4 is 10.1 Å². The van der Waals surface area contributed by atoms with Gasteiger partial charge in [-0.1, -0.05) is 54.1 Å². The second kappa shape index (κ2) is 11.3. The summed E-state index contributed by atoms with van der Waals surface area (Å²) in [5, 5.41) is 3.19. The summed E-state index contributed by atoms with van der Waals surface area (Å²) in [5.41, 5.74) is 0.921. The number of hydrogen-bond donors (Lipinski definition) is 1. The van der Waals surface area contributed by atoms with Gasteiger partial charge in [-0.3, -0.25) is 9.59 Å². The van der Waals surface area contributed by atoms with Gasteiger partial charge in [-0.25, -0.2) is 0 Å². The molecule has 2 amide bonds. The predicted octanol–water partition coefficient (Wildman–Crippen LogP) is 2.90. The van der Waals surface area contributed by atoms with Crippen molar-refractivity contribution in [2.45, 2.75) is 19.5 Å². The largest absolute Gasteiger partial charge is 0.482 e. The van der Waals surface area contributed by atoms with E-state index in [4.69, 9.17) is 21.1 Å². The number of para-hydroxylation sites is 1. The van der Waals surface area contributed by atoms with Crippen LogP contribution >= 0.6 is 11.6 Å². The van der Waals surface area contributed by atoms with Crippen LogP contribution in [0.4, 0.5) is 0 Å². The Hall–Kier alpha value is -2.57.